The lowest BCUT2D eigenvalue weighted by Gasteiger charge is -2.21. The number of nitrogens with zero attached hydrogens (tertiary/aromatic N) is 5. The molecule has 0 amide bonds. The molecule has 1 aliphatic rings. The first kappa shape index (κ1) is 15.0. The quantitative estimate of drug-likeness (QED) is 0.268. The van der Waals surface area contributed by atoms with Crippen LogP contribution >= 0.6 is 0 Å². The normalized spacial score (nSPS) is 19.3. The van der Waals surface area contributed by atoms with Gasteiger partial charge in [-0.15, -0.1) is 0 Å². The van der Waals surface area contributed by atoms with Crippen LogP contribution in [0.5, 0.6) is 0 Å². The Bertz CT molecular complexity index is 574. The molecular weight excluding hydrogens is 276 g/mol. The van der Waals surface area contributed by atoms with E-state index in [9.17, 15) is 10.1 Å². The minimum Gasteiger partial charge on any atom is -0.409 e. The Morgan fingerprint density at radius 2 is 2.33 bits per heavy atom. The number of nitro groups is 1. The van der Waals surface area contributed by atoms with Crippen molar-refractivity contribution >= 4 is 17.3 Å². The molecule has 0 bridgehead atoms. The molecule has 9 nitrogen and oxygen atoms in total. The summed E-state index contributed by atoms with van der Waals surface area (Å²) < 4.78 is 0. The van der Waals surface area contributed by atoms with Crippen LogP contribution in [0.25, 0.3) is 0 Å². The van der Waals surface area contributed by atoms with Gasteiger partial charge in [0.2, 0.25) is 0 Å². The van der Waals surface area contributed by atoms with Crippen LogP contribution in [0.1, 0.15) is 12.1 Å². The highest BCUT2D eigenvalue weighted by molar-refractivity contribution is 5.99. The maximum atomic E-state index is 11.0. The van der Waals surface area contributed by atoms with E-state index < -0.39 is 4.92 Å². The summed E-state index contributed by atoms with van der Waals surface area (Å²) in [6, 6.07) is 3.33. The average Bonchev–Trinajstić information content (AvgIpc) is 2.95. The molecule has 1 saturated heterocycles. The Labute approximate surface area is 121 Å². The lowest BCUT2D eigenvalue weighted by molar-refractivity contribution is -0.385. The van der Waals surface area contributed by atoms with Crippen LogP contribution in [-0.4, -0.2) is 59.1 Å². The fraction of sp³-hybridized carbons (Fsp3) is 0.500. The molecule has 1 aromatic rings. The van der Waals surface area contributed by atoms with E-state index in [1.165, 1.54) is 6.07 Å². The van der Waals surface area contributed by atoms with E-state index >= 15 is 0 Å². The third-order valence-electron chi connectivity index (χ3n) is 3.62. The van der Waals surface area contributed by atoms with E-state index in [1.54, 1.807) is 6.07 Å². The van der Waals surface area contributed by atoms with Crippen molar-refractivity contribution in [2.24, 2.45) is 10.9 Å². The van der Waals surface area contributed by atoms with E-state index in [4.69, 9.17) is 10.9 Å². The molecule has 1 aromatic heterocycles. The van der Waals surface area contributed by atoms with Gasteiger partial charge in [-0.3, -0.25) is 10.1 Å². The number of rotatable bonds is 4. The van der Waals surface area contributed by atoms with Crippen LogP contribution in [0.15, 0.2) is 17.3 Å². The minimum atomic E-state index is -0.600. The van der Waals surface area contributed by atoms with Crippen LogP contribution in [-0.2, 0) is 0 Å². The summed E-state index contributed by atoms with van der Waals surface area (Å²) in [4.78, 5) is 18.7. The molecule has 2 heterocycles. The zero-order valence-electron chi connectivity index (χ0n) is 11.9. The molecular formula is C12H18N6O3. The summed E-state index contributed by atoms with van der Waals surface area (Å²) in [5.74, 6) is 0.221. The minimum absolute atomic E-state index is 0.117. The maximum Gasteiger partial charge on any atom is 0.298 e. The fourth-order valence-electron chi connectivity index (χ4n) is 2.37. The number of hydrogen-bond acceptors (Lipinski definition) is 7. The predicted molar refractivity (Wildman–Crippen MR) is 77.7 cm³/mol. The van der Waals surface area contributed by atoms with Gasteiger partial charge in [-0.2, -0.15) is 0 Å². The Hall–Kier alpha value is -2.42. The lowest BCUT2D eigenvalue weighted by Crippen LogP contribution is -2.32. The number of likely N-dealkylation sites (N-methyl/N-ethyl adjacent to an activating group) is 1. The molecule has 1 fully saturated rings. The van der Waals surface area contributed by atoms with Gasteiger partial charge < -0.3 is 20.7 Å². The first-order valence-corrected chi connectivity index (χ1v) is 6.48. The van der Waals surface area contributed by atoms with Gasteiger partial charge in [0.05, 0.1) is 4.92 Å². The molecule has 0 radical (unpaired) electrons. The van der Waals surface area contributed by atoms with E-state index in [1.807, 2.05) is 19.0 Å². The zero-order chi connectivity index (χ0) is 15.6. The Kier molecular flexibility index (Phi) is 4.22. The molecule has 0 saturated carbocycles. The molecule has 0 spiro atoms. The van der Waals surface area contributed by atoms with Gasteiger partial charge in [0.25, 0.3) is 5.69 Å². The molecule has 21 heavy (non-hydrogen) atoms. The zero-order valence-corrected chi connectivity index (χ0v) is 11.9. The van der Waals surface area contributed by atoms with Crippen LogP contribution in [0.4, 0.5) is 11.5 Å². The number of hydrogen-bond donors (Lipinski definition) is 2. The third kappa shape index (κ3) is 3.02. The molecule has 0 aliphatic carbocycles. The summed E-state index contributed by atoms with van der Waals surface area (Å²) in [5.41, 5.74) is 5.08. The average molecular weight is 294 g/mol. The van der Waals surface area contributed by atoms with Gasteiger partial charge in [0, 0.05) is 25.2 Å². The topological polar surface area (TPSA) is 121 Å². The second kappa shape index (κ2) is 5.92. The molecule has 0 aromatic carbocycles. The van der Waals surface area contributed by atoms with Gasteiger partial charge in [-0.05, 0) is 26.6 Å². The molecule has 3 N–H and O–H groups in total. The van der Waals surface area contributed by atoms with Crippen molar-refractivity contribution in [2.75, 3.05) is 32.1 Å². The lowest BCUT2D eigenvalue weighted by atomic mass is 10.2. The molecule has 9 heteroatoms. The Balaban J connectivity index is 2.33. The molecule has 1 atom stereocenters. The smallest absolute Gasteiger partial charge is 0.298 e. The van der Waals surface area contributed by atoms with Crippen molar-refractivity contribution in [2.45, 2.75) is 12.5 Å². The number of pyridine rings is 1. The number of aromatic nitrogens is 1. The van der Waals surface area contributed by atoms with Gasteiger partial charge in [0.1, 0.15) is 5.82 Å². The maximum absolute atomic E-state index is 11.0. The van der Waals surface area contributed by atoms with Crippen LogP contribution in [0.3, 0.4) is 0 Å². The number of amidine groups is 1. The van der Waals surface area contributed by atoms with Crippen molar-refractivity contribution in [3.63, 3.8) is 0 Å². The summed E-state index contributed by atoms with van der Waals surface area (Å²) in [7, 11) is 4.03. The van der Waals surface area contributed by atoms with Crippen LogP contribution in [0, 0.1) is 10.1 Å². The summed E-state index contributed by atoms with van der Waals surface area (Å²) in [5, 5.41) is 22.5. The predicted octanol–water partition coefficient (Wildman–Crippen LogP) is 0.225. The summed E-state index contributed by atoms with van der Waals surface area (Å²) in [6.45, 7) is 1.59. The van der Waals surface area contributed by atoms with Gasteiger partial charge >= 0.3 is 0 Å². The Morgan fingerprint density at radius 3 is 2.86 bits per heavy atom. The highest BCUT2D eigenvalue weighted by atomic mass is 16.6. The second-order valence-electron chi connectivity index (χ2n) is 5.13. The van der Waals surface area contributed by atoms with Crippen molar-refractivity contribution in [1.82, 2.24) is 9.88 Å². The Morgan fingerprint density at radius 1 is 1.62 bits per heavy atom. The number of oxime groups is 1. The largest absolute Gasteiger partial charge is 0.409 e. The summed E-state index contributed by atoms with van der Waals surface area (Å²) >= 11 is 0. The van der Waals surface area contributed by atoms with E-state index in [0.717, 1.165) is 19.5 Å². The number of nitrogens with two attached hydrogens (primary N) is 1. The van der Waals surface area contributed by atoms with Crippen molar-refractivity contribution < 1.29 is 10.1 Å². The molecule has 1 aliphatic heterocycles. The SMILES string of the molecule is CN(C)C1CCN(c2ccc([N+](=O)[O-])c(/C(N)=N/O)n2)C1. The molecule has 1 unspecified atom stereocenters. The van der Waals surface area contributed by atoms with Crippen molar-refractivity contribution in [3.05, 3.63) is 27.9 Å². The monoisotopic (exact) mass is 294 g/mol. The van der Waals surface area contributed by atoms with Crippen molar-refractivity contribution in [1.29, 1.82) is 0 Å². The molecule has 114 valence electrons. The first-order chi connectivity index (χ1) is 9.93. The van der Waals surface area contributed by atoms with Gasteiger partial charge in [-0.1, -0.05) is 5.16 Å². The highest BCUT2D eigenvalue weighted by Gasteiger charge is 2.27. The fourth-order valence-corrected chi connectivity index (χ4v) is 2.37. The van der Waals surface area contributed by atoms with E-state index in [0.29, 0.717) is 11.9 Å². The number of anilines is 1. The van der Waals surface area contributed by atoms with Crippen LogP contribution in [0.2, 0.25) is 0 Å². The second-order valence-corrected chi connectivity index (χ2v) is 5.13. The molecule has 2 rings (SSSR count). The third-order valence-corrected chi connectivity index (χ3v) is 3.62. The van der Waals surface area contributed by atoms with Gasteiger partial charge in [-0.25, -0.2) is 4.98 Å². The summed E-state index contributed by atoms with van der Waals surface area (Å²) in [6.07, 6.45) is 0.991. The first-order valence-electron chi connectivity index (χ1n) is 6.48. The van der Waals surface area contributed by atoms with Crippen molar-refractivity contribution in [3.8, 4) is 0 Å². The standard InChI is InChI=1S/C12H18N6O3/c1-16(2)8-5-6-17(7-8)10-4-3-9(18(20)21)11(14-10)12(13)15-19/h3-4,8,19H,5-7H2,1-2H3,(H2,13,15). The van der Waals surface area contributed by atoms with Gasteiger partial charge in [0.15, 0.2) is 11.5 Å². The van der Waals surface area contributed by atoms with E-state index in [2.05, 4.69) is 15.0 Å². The van der Waals surface area contributed by atoms with Crippen LogP contribution < -0.4 is 10.6 Å². The highest BCUT2D eigenvalue weighted by Crippen LogP contribution is 2.24. The van der Waals surface area contributed by atoms with E-state index in [-0.39, 0.29) is 17.2 Å².